The third kappa shape index (κ3) is 3.12. The first-order chi connectivity index (χ1) is 9.40. The van der Waals surface area contributed by atoms with Crippen LogP contribution in [0, 0.1) is 0 Å². The van der Waals surface area contributed by atoms with Crippen molar-refractivity contribution in [3.05, 3.63) is 36.7 Å². The molecular weight excluding hydrogens is 280 g/mol. The van der Waals surface area contributed by atoms with Crippen LogP contribution in [0.4, 0.5) is 0 Å². The van der Waals surface area contributed by atoms with Gasteiger partial charge in [-0.05, 0) is 19.1 Å². The number of benzene rings is 1. The third-order valence-electron chi connectivity index (χ3n) is 2.77. The van der Waals surface area contributed by atoms with Crippen molar-refractivity contribution in [2.24, 2.45) is 0 Å². The number of sulfonamides is 1. The van der Waals surface area contributed by atoms with E-state index in [1.165, 1.54) is 19.2 Å². The SMILES string of the molecule is CC(CC(=O)O)NS(=O)(=O)c1cccc2cnccc12. The van der Waals surface area contributed by atoms with E-state index in [1.807, 2.05) is 0 Å². The molecule has 2 aromatic rings. The van der Waals surface area contributed by atoms with Gasteiger partial charge in [-0.25, -0.2) is 13.1 Å². The van der Waals surface area contributed by atoms with Crippen LogP contribution in [-0.4, -0.2) is 30.5 Å². The number of aromatic nitrogens is 1. The summed E-state index contributed by atoms with van der Waals surface area (Å²) in [5.41, 5.74) is 0. The Kier molecular flexibility index (Phi) is 4.01. The van der Waals surface area contributed by atoms with Gasteiger partial charge in [0.25, 0.3) is 0 Å². The predicted molar refractivity (Wildman–Crippen MR) is 73.8 cm³/mol. The highest BCUT2D eigenvalue weighted by atomic mass is 32.2. The van der Waals surface area contributed by atoms with Crippen molar-refractivity contribution in [1.29, 1.82) is 0 Å². The lowest BCUT2D eigenvalue weighted by molar-refractivity contribution is -0.137. The second-order valence-electron chi connectivity index (χ2n) is 4.47. The summed E-state index contributed by atoms with van der Waals surface area (Å²) in [7, 11) is -3.77. The fourth-order valence-corrected chi connectivity index (χ4v) is 3.43. The number of carbonyl (C=O) groups is 1. The van der Waals surface area contributed by atoms with Crippen molar-refractivity contribution in [1.82, 2.24) is 9.71 Å². The van der Waals surface area contributed by atoms with E-state index < -0.39 is 22.0 Å². The van der Waals surface area contributed by atoms with Gasteiger partial charge in [0.15, 0.2) is 0 Å². The summed E-state index contributed by atoms with van der Waals surface area (Å²) < 4.78 is 27.0. The van der Waals surface area contributed by atoms with Gasteiger partial charge >= 0.3 is 5.97 Å². The topological polar surface area (TPSA) is 96.4 Å². The summed E-state index contributed by atoms with van der Waals surface area (Å²) in [6, 6.07) is 5.81. The van der Waals surface area contributed by atoms with Gasteiger partial charge in [0.2, 0.25) is 10.0 Å². The number of aliphatic carboxylic acids is 1. The van der Waals surface area contributed by atoms with Crippen molar-refractivity contribution in [2.45, 2.75) is 24.3 Å². The largest absolute Gasteiger partial charge is 0.481 e. The molecule has 0 radical (unpaired) electrons. The molecule has 2 rings (SSSR count). The average Bonchev–Trinajstić information content (AvgIpc) is 2.36. The van der Waals surface area contributed by atoms with E-state index in [9.17, 15) is 13.2 Å². The summed E-state index contributed by atoms with van der Waals surface area (Å²) in [6.07, 6.45) is 2.82. The minimum atomic E-state index is -3.77. The van der Waals surface area contributed by atoms with Gasteiger partial charge in [-0.1, -0.05) is 12.1 Å². The Morgan fingerprint density at radius 3 is 2.85 bits per heavy atom. The highest BCUT2D eigenvalue weighted by Crippen LogP contribution is 2.22. The zero-order valence-electron chi connectivity index (χ0n) is 10.8. The Balaban J connectivity index is 2.39. The molecule has 1 aromatic heterocycles. The molecule has 0 saturated carbocycles. The first-order valence-electron chi connectivity index (χ1n) is 5.97. The zero-order valence-corrected chi connectivity index (χ0v) is 11.6. The maximum Gasteiger partial charge on any atom is 0.304 e. The molecule has 0 aliphatic rings. The van der Waals surface area contributed by atoms with Gasteiger partial charge in [-0.2, -0.15) is 0 Å². The lowest BCUT2D eigenvalue weighted by Gasteiger charge is -2.13. The molecule has 1 unspecified atom stereocenters. The molecule has 1 heterocycles. The van der Waals surface area contributed by atoms with Crippen molar-refractivity contribution in [2.75, 3.05) is 0 Å². The van der Waals surface area contributed by atoms with E-state index >= 15 is 0 Å². The van der Waals surface area contributed by atoms with Crippen LogP contribution in [0.1, 0.15) is 13.3 Å². The van der Waals surface area contributed by atoms with E-state index in [-0.39, 0.29) is 11.3 Å². The molecule has 6 nitrogen and oxygen atoms in total. The Bertz CT molecular complexity index is 738. The third-order valence-corrected chi connectivity index (χ3v) is 4.42. The molecule has 0 spiro atoms. The quantitative estimate of drug-likeness (QED) is 0.868. The fourth-order valence-electron chi connectivity index (χ4n) is 1.96. The van der Waals surface area contributed by atoms with E-state index in [0.29, 0.717) is 10.8 Å². The van der Waals surface area contributed by atoms with Crippen LogP contribution in [-0.2, 0) is 14.8 Å². The molecule has 0 fully saturated rings. The minimum absolute atomic E-state index is 0.120. The van der Waals surface area contributed by atoms with Gasteiger partial charge in [0.05, 0.1) is 11.3 Å². The van der Waals surface area contributed by atoms with Crippen LogP contribution in [0.15, 0.2) is 41.6 Å². The van der Waals surface area contributed by atoms with Crippen LogP contribution in [0.5, 0.6) is 0 Å². The highest BCUT2D eigenvalue weighted by molar-refractivity contribution is 7.89. The van der Waals surface area contributed by atoms with Crippen LogP contribution >= 0.6 is 0 Å². The lowest BCUT2D eigenvalue weighted by atomic mass is 10.2. The van der Waals surface area contributed by atoms with Gasteiger partial charge < -0.3 is 5.11 Å². The highest BCUT2D eigenvalue weighted by Gasteiger charge is 2.20. The molecule has 106 valence electrons. The number of nitrogens with zero attached hydrogens (tertiary/aromatic N) is 1. The molecule has 1 aromatic carbocycles. The normalized spacial score (nSPS) is 13.2. The van der Waals surface area contributed by atoms with E-state index in [4.69, 9.17) is 5.11 Å². The standard InChI is InChI=1S/C13H14N2O4S/c1-9(7-13(16)17)15-20(18,19)12-4-2-3-10-8-14-6-5-11(10)12/h2-6,8-9,15H,7H2,1H3,(H,16,17). The summed E-state index contributed by atoms with van der Waals surface area (Å²) >= 11 is 0. The number of carboxylic acid groups (broad SMARTS) is 1. The van der Waals surface area contributed by atoms with Crippen molar-refractivity contribution in [3.63, 3.8) is 0 Å². The maximum atomic E-state index is 12.3. The second kappa shape index (κ2) is 5.56. The Morgan fingerprint density at radius 1 is 1.40 bits per heavy atom. The molecule has 20 heavy (non-hydrogen) atoms. The maximum absolute atomic E-state index is 12.3. The molecule has 1 atom stereocenters. The number of nitrogens with one attached hydrogen (secondary N) is 1. The van der Waals surface area contributed by atoms with Crippen LogP contribution in [0.2, 0.25) is 0 Å². The number of pyridine rings is 1. The monoisotopic (exact) mass is 294 g/mol. The Hall–Kier alpha value is -1.99. The van der Waals surface area contributed by atoms with Gasteiger partial charge in [0.1, 0.15) is 0 Å². The van der Waals surface area contributed by atoms with E-state index in [2.05, 4.69) is 9.71 Å². The molecule has 7 heteroatoms. The van der Waals surface area contributed by atoms with Gasteiger partial charge in [0, 0.05) is 29.2 Å². The zero-order chi connectivity index (χ0) is 14.8. The molecule has 2 N–H and O–H groups in total. The molecule has 0 saturated heterocycles. The number of fused-ring (bicyclic) bond motifs is 1. The van der Waals surface area contributed by atoms with Gasteiger partial charge in [-0.3, -0.25) is 9.78 Å². The number of rotatable bonds is 5. The number of hydrogen-bond donors (Lipinski definition) is 2. The minimum Gasteiger partial charge on any atom is -0.481 e. The van der Waals surface area contributed by atoms with Crippen LogP contribution < -0.4 is 4.72 Å². The number of hydrogen-bond acceptors (Lipinski definition) is 4. The Labute approximate surface area is 116 Å². The Morgan fingerprint density at radius 2 is 2.15 bits per heavy atom. The molecular formula is C13H14N2O4S. The average molecular weight is 294 g/mol. The molecule has 0 aliphatic heterocycles. The summed E-state index contributed by atoms with van der Waals surface area (Å²) in [6.45, 7) is 1.51. The lowest BCUT2D eigenvalue weighted by Crippen LogP contribution is -2.34. The van der Waals surface area contributed by atoms with E-state index in [0.717, 1.165) is 0 Å². The fraction of sp³-hybridized carbons (Fsp3) is 0.231. The predicted octanol–water partition coefficient (Wildman–Crippen LogP) is 1.38. The summed E-state index contributed by atoms with van der Waals surface area (Å²) in [4.78, 5) is 14.7. The molecule has 0 bridgehead atoms. The molecule has 0 amide bonds. The van der Waals surface area contributed by atoms with E-state index in [1.54, 1.807) is 24.4 Å². The van der Waals surface area contributed by atoms with Crippen molar-refractivity contribution >= 4 is 26.8 Å². The first-order valence-corrected chi connectivity index (χ1v) is 7.45. The number of carboxylic acids is 1. The second-order valence-corrected chi connectivity index (χ2v) is 6.16. The summed E-state index contributed by atoms with van der Waals surface area (Å²) in [5, 5.41) is 9.94. The first kappa shape index (κ1) is 14.4. The molecule has 0 aliphatic carbocycles. The summed E-state index contributed by atoms with van der Waals surface area (Å²) in [5.74, 6) is -1.05. The van der Waals surface area contributed by atoms with Gasteiger partial charge in [-0.15, -0.1) is 0 Å². The smallest absolute Gasteiger partial charge is 0.304 e. The van der Waals surface area contributed by atoms with Crippen LogP contribution in [0.25, 0.3) is 10.8 Å². The van der Waals surface area contributed by atoms with Crippen molar-refractivity contribution < 1.29 is 18.3 Å². The van der Waals surface area contributed by atoms with Crippen LogP contribution in [0.3, 0.4) is 0 Å². The van der Waals surface area contributed by atoms with Crippen molar-refractivity contribution in [3.8, 4) is 0 Å².